The van der Waals surface area contributed by atoms with Gasteiger partial charge in [0.1, 0.15) is 18.0 Å². The lowest BCUT2D eigenvalue weighted by Gasteiger charge is -2.25. The van der Waals surface area contributed by atoms with Gasteiger partial charge >= 0.3 is 0 Å². The van der Waals surface area contributed by atoms with Crippen LogP contribution in [0.1, 0.15) is 41.0 Å². The molecule has 0 saturated heterocycles. The van der Waals surface area contributed by atoms with Crippen molar-refractivity contribution in [2.75, 3.05) is 6.54 Å². The monoisotopic (exact) mass is 360 g/mol. The van der Waals surface area contributed by atoms with Crippen molar-refractivity contribution in [2.24, 2.45) is 5.92 Å². The Kier molecular flexibility index (Phi) is 4.67. The van der Waals surface area contributed by atoms with Crippen molar-refractivity contribution in [1.82, 2.24) is 10.3 Å². The maximum atomic E-state index is 12.6. The molecule has 4 unspecified atom stereocenters. The van der Waals surface area contributed by atoms with Gasteiger partial charge in [0.15, 0.2) is 5.78 Å². The first-order valence-corrected chi connectivity index (χ1v) is 9.89. The number of aliphatic hydroxyl groups excluding tert-OH is 1. The standard InChI is InChI=1S/C19H24N2O3S/c1-11-8-14-15(21-11)3-2-12(18(14)22)9-20-16-4-5-17(19(16)23)24-13-6-7-25-10-13/h6-8,10,12,16-17,19-21,23H,2-5,9H2,1H3. The lowest BCUT2D eigenvalue weighted by Crippen LogP contribution is -2.44. The number of ether oxygens (including phenoxy) is 1. The topological polar surface area (TPSA) is 74.3 Å². The summed E-state index contributed by atoms with van der Waals surface area (Å²) in [6.45, 7) is 2.61. The first kappa shape index (κ1) is 16.8. The molecule has 3 N–H and O–H groups in total. The molecule has 2 aliphatic carbocycles. The molecule has 0 radical (unpaired) electrons. The predicted molar refractivity (Wildman–Crippen MR) is 97.4 cm³/mol. The van der Waals surface area contributed by atoms with E-state index in [0.717, 1.165) is 48.4 Å². The maximum absolute atomic E-state index is 12.6. The van der Waals surface area contributed by atoms with Crippen molar-refractivity contribution < 1.29 is 14.6 Å². The molecule has 0 aliphatic heterocycles. The van der Waals surface area contributed by atoms with E-state index in [1.54, 1.807) is 11.3 Å². The first-order chi connectivity index (χ1) is 12.1. The summed E-state index contributed by atoms with van der Waals surface area (Å²) in [7, 11) is 0. The number of carbonyl (C=O) groups excluding carboxylic acids is 1. The summed E-state index contributed by atoms with van der Waals surface area (Å²) in [5.74, 6) is 1.04. The summed E-state index contributed by atoms with van der Waals surface area (Å²) < 4.78 is 5.87. The number of H-pyrrole nitrogens is 1. The molecule has 5 nitrogen and oxygen atoms in total. The lowest BCUT2D eigenvalue weighted by molar-refractivity contribution is 0.0444. The fraction of sp³-hybridized carbons (Fsp3) is 0.526. The minimum absolute atomic E-state index is 0.00765. The van der Waals surface area contributed by atoms with Gasteiger partial charge in [-0.25, -0.2) is 0 Å². The maximum Gasteiger partial charge on any atom is 0.169 e. The quantitative estimate of drug-likeness (QED) is 0.766. The van der Waals surface area contributed by atoms with E-state index in [4.69, 9.17) is 4.74 Å². The molecule has 4 atom stereocenters. The van der Waals surface area contributed by atoms with Gasteiger partial charge in [0.2, 0.25) is 0 Å². The van der Waals surface area contributed by atoms with Crippen LogP contribution in [0, 0.1) is 12.8 Å². The van der Waals surface area contributed by atoms with Crippen molar-refractivity contribution in [3.63, 3.8) is 0 Å². The molecule has 134 valence electrons. The number of aromatic amines is 1. The average Bonchev–Trinajstić information content (AvgIpc) is 3.30. The lowest BCUT2D eigenvalue weighted by atomic mass is 9.86. The Morgan fingerprint density at radius 3 is 3.08 bits per heavy atom. The third-order valence-electron chi connectivity index (χ3n) is 5.38. The van der Waals surface area contributed by atoms with Gasteiger partial charge in [0.05, 0.1) is 0 Å². The second kappa shape index (κ2) is 6.94. The smallest absolute Gasteiger partial charge is 0.169 e. The average molecular weight is 360 g/mol. The number of aliphatic hydroxyl groups is 1. The van der Waals surface area contributed by atoms with E-state index in [1.807, 2.05) is 29.8 Å². The van der Waals surface area contributed by atoms with Crippen LogP contribution in [0.5, 0.6) is 5.75 Å². The van der Waals surface area contributed by atoms with Crippen LogP contribution < -0.4 is 10.1 Å². The zero-order chi connectivity index (χ0) is 17.4. The van der Waals surface area contributed by atoms with E-state index in [1.165, 1.54) is 0 Å². The Balaban J connectivity index is 1.32. The van der Waals surface area contributed by atoms with E-state index in [2.05, 4.69) is 10.3 Å². The van der Waals surface area contributed by atoms with E-state index in [-0.39, 0.29) is 23.8 Å². The third-order valence-corrected chi connectivity index (χ3v) is 6.04. The molecule has 0 spiro atoms. The van der Waals surface area contributed by atoms with Gasteiger partial charge in [-0.05, 0) is 50.1 Å². The van der Waals surface area contributed by atoms with Crippen LogP contribution >= 0.6 is 11.3 Å². The normalized spacial score (nSPS) is 29.0. The molecule has 1 fully saturated rings. The number of nitrogens with one attached hydrogen (secondary N) is 2. The van der Waals surface area contributed by atoms with Crippen molar-refractivity contribution >= 4 is 17.1 Å². The minimum Gasteiger partial charge on any atom is -0.487 e. The Morgan fingerprint density at radius 1 is 1.40 bits per heavy atom. The van der Waals surface area contributed by atoms with Gasteiger partial charge in [-0.2, -0.15) is 0 Å². The molecule has 4 rings (SSSR count). The third kappa shape index (κ3) is 3.38. The summed E-state index contributed by atoms with van der Waals surface area (Å²) in [4.78, 5) is 15.9. The molecule has 25 heavy (non-hydrogen) atoms. The van der Waals surface area contributed by atoms with Crippen molar-refractivity contribution in [1.29, 1.82) is 0 Å². The number of aromatic nitrogens is 1. The second-order valence-corrected chi connectivity index (χ2v) is 7.92. The number of rotatable bonds is 5. The summed E-state index contributed by atoms with van der Waals surface area (Å²) in [6, 6.07) is 3.87. The molecule has 0 aromatic carbocycles. The van der Waals surface area contributed by atoms with E-state index < -0.39 is 6.10 Å². The zero-order valence-corrected chi connectivity index (χ0v) is 15.1. The summed E-state index contributed by atoms with van der Waals surface area (Å²) in [5.41, 5.74) is 2.97. The molecule has 0 amide bonds. The molecule has 2 aliphatic rings. The van der Waals surface area contributed by atoms with Crippen molar-refractivity contribution in [3.8, 4) is 5.75 Å². The van der Waals surface area contributed by atoms with Crippen LogP contribution in [0.25, 0.3) is 0 Å². The summed E-state index contributed by atoms with van der Waals surface area (Å²) in [6.07, 6.45) is 2.76. The Bertz CT molecular complexity index is 740. The van der Waals surface area contributed by atoms with Gasteiger partial charge in [0.25, 0.3) is 0 Å². The number of aryl methyl sites for hydroxylation is 2. The van der Waals surface area contributed by atoms with Crippen molar-refractivity contribution in [2.45, 2.75) is 50.9 Å². The molecular weight excluding hydrogens is 336 g/mol. The predicted octanol–water partition coefficient (Wildman–Crippen LogP) is 2.69. The Morgan fingerprint density at radius 2 is 2.28 bits per heavy atom. The van der Waals surface area contributed by atoms with Crippen LogP contribution in [0.15, 0.2) is 22.9 Å². The van der Waals surface area contributed by atoms with Gasteiger partial charge in [-0.15, -0.1) is 11.3 Å². The summed E-state index contributed by atoms with van der Waals surface area (Å²) >= 11 is 1.59. The zero-order valence-electron chi connectivity index (χ0n) is 14.3. The SMILES string of the molecule is Cc1cc2c([nH]1)CCC(CNC1CCC(Oc3ccsc3)C1O)C2=O. The van der Waals surface area contributed by atoms with E-state index in [9.17, 15) is 9.90 Å². The number of ketones is 1. The number of thiophene rings is 1. The number of hydrogen-bond acceptors (Lipinski definition) is 5. The fourth-order valence-electron chi connectivity index (χ4n) is 4.01. The van der Waals surface area contributed by atoms with E-state index >= 15 is 0 Å². The fourth-order valence-corrected chi connectivity index (χ4v) is 4.57. The number of hydrogen-bond donors (Lipinski definition) is 3. The molecule has 2 aromatic rings. The second-order valence-electron chi connectivity index (χ2n) is 7.14. The number of carbonyl (C=O) groups is 1. The highest BCUT2D eigenvalue weighted by atomic mass is 32.1. The molecule has 0 bridgehead atoms. The first-order valence-electron chi connectivity index (χ1n) is 8.95. The van der Waals surface area contributed by atoms with Crippen LogP contribution in [-0.4, -0.2) is 40.7 Å². The van der Waals surface area contributed by atoms with Crippen LogP contribution in [0.4, 0.5) is 0 Å². The van der Waals surface area contributed by atoms with Crippen LogP contribution in [-0.2, 0) is 6.42 Å². The van der Waals surface area contributed by atoms with Crippen LogP contribution in [0.2, 0.25) is 0 Å². The molecular formula is C19H24N2O3S. The number of Topliss-reactive ketones (excluding diaryl/α,β-unsaturated/α-hetero) is 1. The molecule has 2 aromatic heterocycles. The Labute approximate surface area is 151 Å². The van der Waals surface area contributed by atoms with Crippen molar-refractivity contribution in [3.05, 3.63) is 39.8 Å². The number of fused-ring (bicyclic) bond motifs is 1. The highest BCUT2D eigenvalue weighted by Gasteiger charge is 2.37. The molecule has 2 heterocycles. The highest BCUT2D eigenvalue weighted by molar-refractivity contribution is 7.08. The largest absolute Gasteiger partial charge is 0.487 e. The van der Waals surface area contributed by atoms with Gasteiger partial charge < -0.3 is 20.1 Å². The van der Waals surface area contributed by atoms with E-state index in [0.29, 0.717) is 6.54 Å². The minimum atomic E-state index is -0.538. The summed E-state index contributed by atoms with van der Waals surface area (Å²) in [5, 5.41) is 17.9. The Hall–Kier alpha value is -1.63. The van der Waals surface area contributed by atoms with Gasteiger partial charge in [-0.1, -0.05) is 0 Å². The molecule has 1 saturated carbocycles. The van der Waals surface area contributed by atoms with Crippen LogP contribution in [0.3, 0.4) is 0 Å². The van der Waals surface area contributed by atoms with Gasteiger partial charge in [-0.3, -0.25) is 4.79 Å². The highest BCUT2D eigenvalue weighted by Crippen LogP contribution is 2.28. The molecule has 6 heteroatoms. The van der Waals surface area contributed by atoms with Gasteiger partial charge in [0, 0.05) is 40.8 Å².